The van der Waals surface area contributed by atoms with Crippen LogP contribution in [0.15, 0.2) is 53.5 Å². The molecular formula is C24H34IN5O3. The van der Waals surface area contributed by atoms with Gasteiger partial charge in [-0.15, -0.1) is 24.0 Å². The number of methoxy groups -OCH3 is 2. The molecule has 0 aromatic heterocycles. The van der Waals surface area contributed by atoms with Crippen molar-refractivity contribution in [1.82, 2.24) is 16.0 Å². The van der Waals surface area contributed by atoms with E-state index < -0.39 is 0 Å². The number of halogens is 1. The normalized spacial score (nSPS) is 15.4. The molecule has 2 aromatic rings. The second-order valence-electron chi connectivity index (χ2n) is 7.50. The molecule has 180 valence electrons. The maximum Gasteiger partial charge on any atom is 0.251 e. The van der Waals surface area contributed by atoms with E-state index in [1.165, 1.54) is 0 Å². The summed E-state index contributed by atoms with van der Waals surface area (Å²) in [5, 5.41) is 9.71. The van der Waals surface area contributed by atoms with Crippen LogP contribution in [0, 0.1) is 0 Å². The van der Waals surface area contributed by atoms with Crippen molar-refractivity contribution < 1.29 is 14.3 Å². The Balaban J connectivity index is 0.00000385. The lowest BCUT2D eigenvalue weighted by Crippen LogP contribution is -2.45. The number of carbonyl (C=O) groups excluding carboxylic acids is 1. The average Bonchev–Trinajstić information content (AvgIpc) is 3.30. The van der Waals surface area contributed by atoms with Crippen molar-refractivity contribution in [2.45, 2.75) is 19.4 Å². The Bertz CT molecular complexity index is 924. The Morgan fingerprint density at radius 2 is 1.94 bits per heavy atom. The molecule has 0 aliphatic carbocycles. The molecular weight excluding hydrogens is 533 g/mol. The van der Waals surface area contributed by atoms with Gasteiger partial charge in [0.25, 0.3) is 5.91 Å². The molecule has 9 heteroatoms. The number of rotatable bonds is 9. The van der Waals surface area contributed by atoms with Crippen LogP contribution in [0.4, 0.5) is 5.69 Å². The fraction of sp³-hybridized carbons (Fsp3) is 0.417. The molecule has 0 saturated carbocycles. The summed E-state index contributed by atoms with van der Waals surface area (Å²) in [6.07, 6.45) is 1.01. The van der Waals surface area contributed by atoms with E-state index in [0.717, 1.165) is 43.5 Å². The molecule has 0 bridgehead atoms. The van der Waals surface area contributed by atoms with Gasteiger partial charge in [-0.25, -0.2) is 0 Å². The molecule has 3 N–H and O–H groups in total. The van der Waals surface area contributed by atoms with Crippen molar-refractivity contribution in [2.75, 3.05) is 51.8 Å². The third kappa shape index (κ3) is 7.69. The quantitative estimate of drug-likeness (QED) is 0.187. The van der Waals surface area contributed by atoms with Gasteiger partial charge in [0, 0.05) is 37.8 Å². The Kier molecular flexibility index (Phi) is 11.1. The topological polar surface area (TPSA) is 87.2 Å². The zero-order chi connectivity index (χ0) is 22.8. The monoisotopic (exact) mass is 567 g/mol. The summed E-state index contributed by atoms with van der Waals surface area (Å²) < 4.78 is 10.7. The van der Waals surface area contributed by atoms with Gasteiger partial charge in [-0.3, -0.25) is 9.79 Å². The molecule has 1 unspecified atom stereocenters. The van der Waals surface area contributed by atoms with Crippen molar-refractivity contribution in [3.63, 3.8) is 0 Å². The van der Waals surface area contributed by atoms with Crippen molar-refractivity contribution >= 4 is 41.5 Å². The number of benzene rings is 2. The maximum atomic E-state index is 12.3. The van der Waals surface area contributed by atoms with Gasteiger partial charge >= 0.3 is 0 Å². The highest BCUT2D eigenvalue weighted by Gasteiger charge is 2.25. The second-order valence-corrected chi connectivity index (χ2v) is 7.50. The predicted octanol–water partition coefficient (Wildman–Crippen LogP) is 2.89. The van der Waals surface area contributed by atoms with Crippen LogP contribution >= 0.6 is 24.0 Å². The molecule has 33 heavy (non-hydrogen) atoms. The van der Waals surface area contributed by atoms with Crippen LogP contribution in [-0.4, -0.2) is 64.9 Å². The summed E-state index contributed by atoms with van der Waals surface area (Å²) in [7, 11) is 3.29. The third-order valence-corrected chi connectivity index (χ3v) is 5.30. The molecule has 1 amide bonds. The van der Waals surface area contributed by atoms with E-state index in [1.807, 2.05) is 31.2 Å². The molecule has 1 aliphatic rings. The first-order chi connectivity index (χ1) is 15.6. The number of aliphatic imine (C=N–C) groups is 1. The number of nitrogens with one attached hydrogen (secondary N) is 3. The highest BCUT2D eigenvalue weighted by molar-refractivity contribution is 14.0. The summed E-state index contributed by atoms with van der Waals surface area (Å²) in [6.45, 7) is 5.56. The number of nitrogens with zero attached hydrogens (tertiary/aromatic N) is 2. The zero-order valence-electron chi connectivity index (χ0n) is 19.5. The summed E-state index contributed by atoms with van der Waals surface area (Å²) in [5.41, 5.74) is 1.68. The van der Waals surface area contributed by atoms with Gasteiger partial charge in [-0.05, 0) is 43.7 Å². The van der Waals surface area contributed by atoms with E-state index in [1.54, 1.807) is 32.4 Å². The Morgan fingerprint density at radius 3 is 2.70 bits per heavy atom. The van der Waals surface area contributed by atoms with Crippen LogP contribution in [0.25, 0.3) is 0 Å². The number of anilines is 1. The minimum atomic E-state index is -0.139. The molecule has 2 aromatic carbocycles. The lowest BCUT2D eigenvalue weighted by atomic mass is 10.2. The van der Waals surface area contributed by atoms with Gasteiger partial charge in [-0.2, -0.15) is 0 Å². The van der Waals surface area contributed by atoms with Gasteiger partial charge in [-0.1, -0.05) is 18.2 Å². The third-order valence-electron chi connectivity index (χ3n) is 5.30. The van der Waals surface area contributed by atoms with E-state index in [9.17, 15) is 4.79 Å². The summed E-state index contributed by atoms with van der Waals surface area (Å²) in [6, 6.07) is 15.5. The van der Waals surface area contributed by atoms with E-state index in [0.29, 0.717) is 24.4 Å². The number of para-hydroxylation sites is 2. The van der Waals surface area contributed by atoms with Crippen molar-refractivity contribution in [3.05, 3.63) is 54.1 Å². The van der Waals surface area contributed by atoms with Crippen molar-refractivity contribution in [3.8, 4) is 11.5 Å². The largest absolute Gasteiger partial charge is 0.497 e. The first-order valence-corrected chi connectivity index (χ1v) is 11.0. The summed E-state index contributed by atoms with van der Waals surface area (Å²) in [4.78, 5) is 19.3. The minimum Gasteiger partial charge on any atom is -0.497 e. The van der Waals surface area contributed by atoms with Crippen molar-refractivity contribution in [2.24, 2.45) is 4.99 Å². The Hall–Kier alpha value is -2.69. The smallest absolute Gasteiger partial charge is 0.251 e. The first kappa shape index (κ1) is 26.6. The van der Waals surface area contributed by atoms with Gasteiger partial charge in [0.2, 0.25) is 0 Å². The Morgan fingerprint density at radius 1 is 1.12 bits per heavy atom. The van der Waals surface area contributed by atoms with Crippen LogP contribution in [0.5, 0.6) is 11.5 Å². The number of carbonyl (C=O) groups is 1. The molecule has 1 aliphatic heterocycles. The van der Waals surface area contributed by atoms with E-state index >= 15 is 0 Å². The van der Waals surface area contributed by atoms with Crippen LogP contribution in [-0.2, 0) is 0 Å². The van der Waals surface area contributed by atoms with Crippen LogP contribution in [0.2, 0.25) is 0 Å². The van der Waals surface area contributed by atoms with Gasteiger partial charge in [0.05, 0.1) is 26.5 Å². The minimum absolute atomic E-state index is 0. The molecule has 8 nitrogen and oxygen atoms in total. The average molecular weight is 567 g/mol. The zero-order valence-corrected chi connectivity index (χ0v) is 21.8. The molecule has 3 rings (SSSR count). The maximum absolute atomic E-state index is 12.3. The number of ether oxygens (including phenoxy) is 2. The fourth-order valence-corrected chi connectivity index (χ4v) is 3.70. The number of hydrogen-bond acceptors (Lipinski definition) is 5. The van der Waals surface area contributed by atoms with Crippen molar-refractivity contribution in [1.29, 1.82) is 0 Å². The predicted molar refractivity (Wildman–Crippen MR) is 143 cm³/mol. The summed E-state index contributed by atoms with van der Waals surface area (Å²) in [5.74, 6) is 2.17. The van der Waals surface area contributed by atoms with Gasteiger partial charge in [0.15, 0.2) is 5.96 Å². The molecule has 0 spiro atoms. The van der Waals surface area contributed by atoms with Gasteiger partial charge in [0.1, 0.15) is 11.5 Å². The van der Waals surface area contributed by atoms with E-state index in [4.69, 9.17) is 9.47 Å². The fourth-order valence-electron chi connectivity index (χ4n) is 3.70. The standard InChI is InChI=1S/C24H33N5O3.HI/c1-4-25-24(27-14-13-26-23(30)18-8-7-9-20(16-18)31-2)28-19-12-15-29(17-19)21-10-5-6-11-22(21)32-3;/h5-11,16,19H,4,12-15,17H2,1-3H3,(H,26,30)(H2,25,27,28);1H. The van der Waals surface area contributed by atoms with Gasteiger partial charge < -0.3 is 30.3 Å². The molecule has 1 saturated heterocycles. The number of guanidine groups is 1. The lowest BCUT2D eigenvalue weighted by molar-refractivity contribution is 0.0954. The van der Waals surface area contributed by atoms with Crippen LogP contribution < -0.4 is 30.3 Å². The number of hydrogen-bond donors (Lipinski definition) is 3. The highest BCUT2D eigenvalue weighted by atomic mass is 127. The molecule has 1 fully saturated rings. The van der Waals surface area contributed by atoms with E-state index in [2.05, 4.69) is 31.9 Å². The lowest BCUT2D eigenvalue weighted by Gasteiger charge is -2.22. The molecule has 0 radical (unpaired) electrons. The van der Waals surface area contributed by atoms with E-state index in [-0.39, 0.29) is 35.9 Å². The molecule has 1 heterocycles. The SMILES string of the molecule is CCNC(=NCCNC(=O)c1cccc(OC)c1)NC1CCN(c2ccccc2OC)C1.I. The van der Waals surface area contributed by atoms with Crippen LogP contribution in [0.1, 0.15) is 23.7 Å². The first-order valence-electron chi connectivity index (χ1n) is 11.0. The summed E-state index contributed by atoms with van der Waals surface area (Å²) >= 11 is 0. The van der Waals surface area contributed by atoms with Crippen LogP contribution in [0.3, 0.4) is 0 Å². The molecule has 1 atom stereocenters. The Labute approximate surface area is 213 Å². The highest BCUT2D eigenvalue weighted by Crippen LogP contribution is 2.30. The number of amides is 1. The second kappa shape index (κ2) is 13.8.